The van der Waals surface area contributed by atoms with Crippen LogP contribution in [0.15, 0.2) is 71.4 Å². The average molecular weight is 420 g/mol. The minimum absolute atomic E-state index is 0.136. The summed E-state index contributed by atoms with van der Waals surface area (Å²) in [5.41, 5.74) is 2.10. The molecule has 2 N–H and O–H groups in total. The van der Waals surface area contributed by atoms with Gasteiger partial charge in [0.05, 0.1) is 11.0 Å². The monoisotopic (exact) mass is 420 g/mol. The van der Waals surface area contributed by atoms with Crippen molar-refractivity contribution in [3.8, 4) is 6.07 Å². The molecule has 3 aromatic rings. The van der Waals surface area contributed by atoms with E-state index >= 15 is 0 Å². The van der Waals surface area contributed by atoms with Crippen LogP contribution in [0.25, 0.3) is 11.0 Å². The first-order valence-corrected chi connectivity index (χ1v) is 10.7. The molecule has 0 atom stereocenters. The zero-order chi connectivity index (χ0) is 21.7. The Hall–Kier alpha value is -3.70. The summed E-state index contributed by atoms with van der Waals surface area (Å²) in [4.78, 5) is 20.2. The van der Waals surface area contributed by atoms with Gasteiger partial charge in [-0.25, -0.2) is 13.4 Å². The van der Waals surface area contributed by atoms with Gasteiger partial charge < -0.3 is 4.98 Å². The van der Waals surface area contributed by atoms with Crippen LogP contribution in [0.5, 0.6) is 0 Å². The predicted molar refractivity (Wildman–Crippen MR) is 116 cm³/mol. The normalized spacial score (nSPS) is 12.6. The summed E-state index contributed by atoms with van der Waals surface area (Å²) in [6, 6.07) is 11.8. The van der Waals surface area contributed by atoms with E-state index in [0.29, 0.717) is 27.7 Å². The van der Waals surface area contributed by atoms with Crippen molar-refractivity contribution in [3.05, 3.63) is 82.5 Å². The summed E-state index contributed by atoms with van der Waals surface area (Å²) in [6.07, 6.45) is 6.36. The quantitative estimate of drug-likeness (QED) is 0.336. The number of anilines is 1. The van der Waals surface area contributed by atoms with Gasteiger partial charge in [0, 0.05) is 40.2 Å². The molecule has 0 aliphatic carbocycles. The Bertz CT molecular complexity index is 1310. The molecular formula is C22H20N4O3S. The Morgan fingerprint density at radius 3 is 2.80 bits per heavy atom. The summed E-state index contributed by atoms with van der Waals surface area (Å²) < 4.78 is 28.0. The molecule has 0 saturated carbocycles. The Morgan fingerprint density at radius 1 is 1.27 bits per heavy atom. The minimum atomic E-state index is -3.83. The number of nitrogens with one attached hydrogen (secondary N) is 2. The number of benzene rings is 1. The first kappa shape index (κ1) is 21.0. The third kappa shape index (κ3) is 4.47. The zero-order valence-corrected chi connectivity index (χ0v) is 17.3. The molecule has 8 heteroatoms. The maximum absolute atomic E-state index is 13.0. The lowest BCUT2D eigenvalue weighted by Gasteiger charge is -2.11. The molecule has 0 aliphatic heterocycles. The van der Waals surface area contributed by atoms with Gasteiger partial charge in [-0.15, -0.1) is 0 Å². The molecule has 0 spiro atoms. The third-order valence-corrected chi connectivity index (χ3v) is 6.08. The smallest absolute Gasteiger partial charge is 0.258 e. The van der Waals surface area contributed by atoms with Crippen molar-refractivity contribution in [3.63, 3.8) is 0 Å². The molecule has 0 radical (unpaired) electrons. The highest BCUT2D eigenvalue weighted by Crippen LogP contribution is 2.23. The van der Waals surface area contributed by atoms with Gasteiger partial charge in [-0.1, -0.05) is 19.1 Å². The van der Waals surface area contributed by atoms with Crippen LogP contribution in [0.4, 0.5) is 5.69 Å². The van der Waals surface area contributed by atoms with Crippen molar-refractivity contribution in [2.45, 2.75) is 20.3 Å². The number of carbonyl (C=O) groups is 1. The number of fused-ring (bicyclic) bond motifs is 1. The second-order valence-corrected chi connectivity index (χ2v) is 8.30. The number of allylic oxidation sites excluding steroid dienone is 4. The number of pyridine rings is 1. The molecule has 0 saturated heterocycles. The van der Waals surface area contributed by atoms with E-state index in [1.807, 2.05) is 6.07 Å². The molecule has 0 aliphatic rings. The highest BCUT2D eigenvalue weighted by Gasteiger charge is 2.18. The van der Waals surface area contributed by atoms with E-state index in [1.54, 1.807) is 56.6 Å². The Kier molecular flexibility index (Phi) is 6.14. The van der Waals surface area contributed by atoms with E-state index in [9.17, 15) is 13.2 Å². The second kappa shape index (κ2) is 8.76. The summed E-state index contributed by atoms with van der Waals surface area (Å²) in [7, 11) is -3.83. The molecule has 2 aromatic heterocycles. The Morgan fingerprint density at radius 2 is 2.07 bits per heavy atom. The van der Waals surface area contributed by atoms with Crippen molar-refractivity contribution < 1.29 is 13.2 Å². The standard InChI is InChI=1S/C22H20N4O3S/c1-3-18(10-9-15(2)13-23)30(28,29)26-17-7-4-6-16(12-17)21(27)20-14-25-22-19(20)8-5-11-24-22/h4-12,14,26H,3H2,1-2H3,(H,24,25)/b15-9+,18-10+. The number of rotatable bonds is 7. The summed E-state index contributed by atoms with van der Waals surface area (Å²) in [5.74, 6) is -0.242. The minimum Gasteiger partial charge on any atom is -0.345 e. The fourth-order valence-electron chi connectivity index (χ4n) is 2.90. The van der Waals surface area contributed by atoms with Crippen LogP contribution in [0.3, 0.4) is 0 Å². The van der Waals surface area contributed by atoms with E-state index in [1.165, 1.54) is 18.2 Å². The van der Waals surface area contributed by atoms with Crippen LogP contribution >= 0.6 is 0 Å². The highest BCUT2D eigenvalue weighted by atomic mass is 32.2. The molecule has 0 fully saturated rings. The van der Waals surface area contributed by atoms with Crippen LogP contribution < -0.4 is 4.72 Å². The van der Waals surface area contributed by atoms with Gasteiger partial charge in [0.15, 0.2) is 5.78 Å². The summed E-state index contributed by atoms with van der Waals surface area (Å²) in [5, 5.41) is 9.53. The largest absolute Gasteiger partial charge is 0.345 e. The predicted octanol–water partition coefficient (Wildman–Crippen LogP) is 4.30. The molecule has 0 bridgehead atoms. The van der Waals surface area contributed by atoms with E-state index in [4.69, 9.17) is 5.26 Å². The number of hydrogen-bond donors (Lipinski definition) is 2. The Balaban J connectivity index is 1.90. The third-order valence-electron chi connectivity index (χ3n) is 4.46. The summed E-state index contributed by atoms with van der Waals surface area (Å²) in [6.45, 7) is 3.31. The molecule has 152 valence electrons. The van der Waals surface area contributed by atoms with E-state index in [0.717, 1.165) is 0 Å². The number of carbonyl (C=O) groups excluding carboxylic acids is 1. The fourth-order valence-corrected chi connectivity index (χ4v) is 4.09. The number of ketones is 1. The van der Waals surface area contributed by atoms with Crippen LogP contribution in [-0.4, -0.2) is 24.2 Å². The van der Waals surface area contributed by atoms with E-state index in [2.05, 4.69) is 14.7 Å². The Labute approximate surface area is 174 Å². The molecule has 0 unspecified atom stereocenters. The van der Waals surface area contributed by atoms with Gasteiger partial charge in [0.25, 0.3) is 10.0 Å². The van der Waals surface area contributed by atoms with Crippen LogP contribution in [0, 0.1) is 11.3 Å². The zero-order valence-electron chi connectivity index (χ0n) is 16.5. The molecule has 1 aromatic carbocycles. The molecular weight excluding hydrogens is 400 g/mol. The molecule has 30 heavy (non-hydrogen) atoms. The van der Waals surface area contributed by atoms with Crippen molar-refractivity contribution in [1.29, 1.82) is 5.26 Å². The maximum Gasteiger partial charge on any atom is 0.258 e. The number of aromatic nitrogens is 2. The van der Waals surface area contributed by atoms with Crippen LogP contribution in [0.2, 0.25) is 0 Å². The average Bonchev–Trinajstić information content (AvgIpc) is 3.17. The van der Waals surface area contributed by atoms with Crippen molar-refractivity contribution in [1.82, 2.24) is 9.97 Å². The fraction of sp³-hybridized carbons (Fsp3) is 0.136. The highest BCUT2D eigenvalue weighted by molar-refractivity contribution is 7.96. The number of aromatic amines is 1. The SMILES string of the molecule is CC/C(=C\C=C(/C)C#N)S(=O)(=O)Nc1cccc(C(=O)c2c[nH]c3ncccc23)c1. The maximum atomic E-state index is 13.0. The number of nitriles is 1. The van der Waals surface area contributed by atoms with Gasteiger partial charge >= 0.3 is 0 Å². The summed E-state index contributed by atoms with van der Waals surface area (Å²) >= 11 is 0. The lowest BCUT2D eigenvalue weighted by Crippen LogP contribution is -2.15. The topological polar surface area (TPSA) is 116 Å². The van der Waals surface area contributed by atoms with Crippen LogP contribution in [0.1, 0.15) is 36.2 Å². The number of sulfonamides is 1. The van der Waals surface area contributed by atoms with Crippen molar-refractivity contribution in [2.24, 2.45) is 0 Å². The number of hydrogen-bond acceptors (Lipinski definition) is 5. The molecule has 2 heterocycles. The number of H-pyrrole nitrogens is 1. The van der Waals surface area contributed by atoms with E-state index in [-0.39, 0.29) is 22.8 Å². The van der Waals surface area contributed by atoms with Crippen LogP contribution in [-0.2, 0) is 10.0 Å². The van der Waals surface area contributed by atoms with Crippen molar-refractivity contribution in [2.75, 3.05) is 4.72 Å². The first-order chi connectivity index (χ1) is 14.4. The molecule has 0 amide bonds. The van der Waals surface area contributed by atoms with Gasteiger partial charge in [0.2, 0.25) is 0 Å². The van der Waals surface area contributed by atoms with Gasteiger partial charge in [0.1, 0.15) is 5.65 Å². The van der Waals surface area contributed by atoms with Crippen molar-refractivity contribution >= 4 is 32.5 Å². The van der Waals surface area contributed by atoms with Gasteiger partial charge in [-0.2, -0.15) is 5.26 Å². The molecule has 7 nitrogen and oxygen atoms in total. The lowest BCUT2D eigenvalue weighted by molar-refractivity contribution is 0.104. The lowest BCUT2D eigenvalue weighted by atomic mass is 10.0. The number of nitrogens with zero attached hydrogens (tertiary/aromatic N) is 2. The van der Waals surface area contributed by atoms with E-state index < -0.39 is 10.0 Å². The van der Waals surface area contributed by atoms with Gasteiger partial charge in [-0.3, -0.25) is 9.52 Å². The second-order valence-electron chi connectivity index (χ2n) is 6.57. The first-order valence-electron chi connectivity index (χ1n) is 9.23. The van der Waals surface area contributed by atoms with Gasteiger partial charge in [-0.05, 0) is 49.8 Å². The molecule has 3 rings (SSSR count).